The summed E-state index contributed by atoms with van der Waals surface area (Å²) in [5.74, 6) is 1.75. The van der Waals surface area contributed by atoms with Crippen molar-refractivity contribution in [3.05, 3.63) is 29.8 Å². The molecular formula is C15H23ClN2O2. The van der Waals surface area contributed by atoms with E-state index in [1.165, 1.54) is 18.4 Å². The molecular weight excluding hydrogens is 276 g/mol. The van der Waals surface area contributed by atoms with Gasteiger partial charge >= 0.3 is 0 Å². The molecule has 1 aromatic rings. The summed E-state index contributed by atoms with van der Waals surface area (Å²) < 4.78 is 5.10. The van der Waals surface area contributed by atoms with E-state index < -0.39 is 0 Å². The van der Waals surface area contributed by atoms with Gasteiger partial charge in [0.25, 0.3) is 0 Å². The van der Waals surface area contributed by atoms with Crippen LogP contribution in [0.15, 0.2) is 24.3 Å². The van der Waals surface area contributed by atoms with E-state index >= 15 is 0 Å². The van der Waals surface area contributed by atoms with E-state index in [1.807, 2.05) is 24.3 Å². The van der Waals surface area contributed by atoms with Gasteiger partial charge in [0.05, 0.1) is 13.7 Å². The van der Waals surface area contributed by atoms with Crippen molar-refractivity contribution in [3.8, 4) is 5.75 Å². The van der Waals surface area contributed by atoms with Gasteiger partial charge < -0.3 is 15.4 Å². The van der Waals surface area contributed by atoms with Gasteiger partial charge in [0.15, 0.2) is 0 Å². The molecule has 0 radical (unpaired) electrons. The van der Waals surface area contributed by atoms with Crippen molar-refractivity contribution in [2.75, 3.05) is 26.7 Å². The third kappa shape index (κ3) is 6.26. The number of hydrogen-bond donors (Lipinski definition) is 2. The van der Waals surface area contributed by atoms with Gasteiger partial charge in [-0.2, -0.15) is 0 Å². The minimum absolute atomic E-state index is 0. The lowest BCUT2D eigenvalue weighted by atomic mass is 10.1. The molecule has 20 heavy (non-hydrogen) atoms. The topological polar surface area (TPSA) is 50.4 Å². The molecule has 0 atom stereocenters. The molecule has 4 nitrogen and oxygen atoms in total. The molecule has 2 N–H and O–H groups in total. The van der Waals surface area contributed by atoms with Crippen molar-refractivity contribution in [1.82, 2.24) is 10.6 Å². The number of ether oxygens (including phenoxy) is 1. The van der Waals surface area contributed by atoms with E-state index in [9.17, 15) is 4.79 Å². The summed E-state index contributed by atoms with van der Waals surface area (Å²) in [4.78, 5) is 11.5. The van der Waals surface area contributed by atoms with Crippen LogP contribution in [-0.4, -0.2) is 32.7 Å². The number of halogens is 1. The van der Waals surface area contributed by atoms with Gasteiger partial charge in [-0.25, -0.2) is 0 Å². The van der Waals surface area contributed by atoms with Gasteiger partial charge in [0.2, 0.25) is 5.91 Å². The number of benzene rings is 1. The molecule has 0 unspecified atom stereocenters. The first-order chi connectivity index (χ1) is 9.28. The summed E-state index contributed by atoms with van der Waals surface area (Å²) in [6.07, 6.45) is 3.47. The first kappa shape index (κ1) is 16.8. The summed E-state index contributed by atoms with van der Waals surface area (Å²) in [5.41, 5.74) is 1.20. The molecule has 0 aromatic heterocycles. The predicted molar refractivity (Wildman–Crippen MR) is 82.5 cm³/mol. The van der Waals surface area contributed by atoms with Crippen LogP contribution in [0.5, 0.6) is 5.75 Å². The Balaban J connectivity index is 0.00000200. The molecule has 0 spiro atoms. The molecule has 1 aliphatic rings. The van der Waals surface area contributed by atoms with E-state index in [4.69, 9.17) is 4.74 Å². The highest BCUT2D eigenvalue weighted by Gasteiger charge is 2.20. The van der Waals surface area contributed by atoms with Gasteiger partial charge in [-0.1, -0.05) is 12.1 Å². The highest BCUT2D eigenvalue weighted by Crippen LogP contribution is 2.27. The number of nitrogens with one attached hydrogen (secondary N) is 2. The summed E-state index contributed by atoms with van der Waals surface area (Å²) in [6.45, 7) is 2.08. The zero-order chi connectivity index (χ0) is 13.5. The first-order valence-electron chi connectivity index (χ1n) is 6.88. The van der Waals surface area contributed by atoms with E-state index in [2.05, 4.69) is 10.6 Å². The Morgan fingerprint density at radius 2 is 2.00 bits per heavy atom. The zero-order valence-electron chi connectivity index (χ0n) is 11.9. The molecule has 0 aliphatic heterocycles. The number of amides is 1. The Hall–Kier alpha value is -1.26. The zero-order valence-corrected chi connectivity index (χ0v) is 12.7. The molecule has 1 aliphatic carbocycles. The van der Waals surface area contributed by atoms with Crippen LogP contribution in [-0.2, 0) is 11.2 Å². The average molecular weight is 299 g/mol. The lowest BCUT2D eigenvalue weighted by Crippen LogP contribution is -2.35. The Morgan fingerprint density at radius 1 is 1.30 bits per heavy atom. The monoisotopic (exact) mass is 298 g/mol. The Morgan fingerprint density at radius 3 is 2.60 bits per heavy atom. The van der Waals surface area contributed by atoms with Gasteiger partial charge in [-0.15, -0.1) is 12.4 Å². The summed E-state index contributed by atoms with van der Waals surface area (Å²) in [5, 5.41) is 6.10. The second-order valence-electron chi connectivity index (χ2n) is 5.02. The van der Waals surface area contributed by atoms with Crippen molar-refractivity contribution < 1.29 is 9.53 Å². The van der Waals surface area contributed by atoms with E-state index in [-0.39, 0.29) is 18.3 Å². The average Bonchev–Trinajstić information content (AvgIpc) is 3.24. The number of carbonyl (C=O) groups excluding carboxylic acids is 1. The summed E-state index contributed by atoms with van der Waals surface area (Å²) in [7, 11) is 1.66. The van der Waals surface area contributed by atoms with E-state index in [0.29, 0.717) is 13.1 Å². The summed E-state index contributed by atoms with van der Waals surface area (Å²) in [6, 6.07) is 7.93. The van der Waals surface area contributed by atoms with Crippen molar-refractivity contribution in [2.24, 2.45) is 5.92 Å². The second-order valence-corrected chi connectivity index (χ2v) is 5.02. The number of carbonyl (C=O) groups is 1. The molecule has 5 heteroatoms. The van der Waals surface area contributed by atoms with Crippen LogP contribution in [0, 0.1) is 5.92 Å². The molecule has 2 rings (SSSR count). The van der Waals surface area contributed by atoms with Crippen LogP contribution in [0.3, 0.4) is 0 Å². The number of methoxy groups -OCH3 is 1. The van der Waals surface area contributed by atoms with Crippen LogP contribution in [0.25, 0.3) is 0 Å². The Labute approximate surface area is 126 Å². The normalized spacial score (nSPS) is 13.4. The van der Waals surface area contributed by atoms with Gasteiger partial charge in [0.1, 0.15) is 5.75 Å². The quantitative estimate of drug-likeness (QED) is 0.769. The fourth-order valence-corrected chi connectivity index (χ4v) is 1.91. The smallest absolute Gasteiger partial charge is 0.233 e. The van der Waals surface area contributed by atoms with Crippen LogP contribution in [0.1, 0.15) is 18.4 Å². The second kappa shape index (κ2) is 8.82. The lowest BCUT2D eigenvalue weighted by Gasteiger charge is -2.07. The lowest BCUT2D eigenvalue weighted by molar-refractivity contribution is -0.120. The SMILES string of the molecule is COc1ccc(CCNC(=O)CNCC2CC2)cc1.Cl. The Bertz CT molecular complexity index is 405. The van der Waals surface area contributed by atoms with Crippen molar-refractivity contribution >= 4 is 18.3 Å². The van der Waals surface area contributed by atoms with Crippen LogP contribution >= 0.6 is 12.4 Å². The minimum Gasteiger partial charge on any atom is -0.497 e. The standard InChI is InChI=1S/C15H22N2O2.ClH/c1-19-14-6-4-12(5-7-14)8-9-17-15(18)11-16-10-13-2-3-13;/h4-7,13,16H,2-3,8-11H2,1H3,(H,17,18);1H. The van der Waals surface area contributed by atoms with Crippen LogP contribution < -0.4 is 15.4 Å². The van der Waals surface area contributed by atoms with Gasteiger partial charge in [-0.3, -0.25) is 4.79 Å². The van der Waals surface area contributed by atoms with Crippen molar-refractivity contribution in [1.29, 1.82) is 0 Å². The minimum atomic E-state index is 0. The number of rotatable bonds is 8. The molecule has 0 saturated heterocycles. The molecule has 0 bridgehead atoms. The largest absolute Gasteiger partial charge is 0.497 e. The highest BCUT2D eigenvalue weighted by molar-refractivity contribution is 5.85. The molecule has 112 valence electrons. The molecule has 1 saturated carbocycles. The third-order valence-electron chi connectivity index (χ3n) is 3.31. The van der Waals surface area contributed by atoms with Crippen LogP contribution in [0.2, 0.25) is 0 Å². The molecule has 1 fully saturated rings. The maximum atomic E-state index is 11.5. The fourth-order valence-electron chi connectivity index (χ4n) is 1.91. The molecule has 0 heterocycles. The van der Waals surface area contributed by atoms with Gasteiger partial charge in [-0.05, 0) is 49.4 Å². The van der Waals surface area contributed by atoms with Crippen molar-refractivity contribution in [3.63, 3.8) is 0 Å². The van der Waals surface area contributed by atoms with Crippen molar-refractivity contribution in [2.45, 2.75) is 19.3 Å². The highest BCUT2D eigenvalue weighted by atomic mass is 35.5. The molecule has 1 amide bonds. The van der Waals surface area contributed by atoms with E-state index in [0.717, 1.165) is 24.6 Å². The first-order valence-corrected chi connectivity index (χ1v) is 6.88. The fraction of sp³-hybridized carbons (Fsp3) is 0.533. The molecule has 1 aromatic carbocycles. The summed E-state index contributed by atoms with van der Waals surface area (Å²) >= 11 is 0. The maximum Gasteiger partial charge on any atom is 0.233 e. The number of hydrogen-bond acceptors (Lipinski definition) is 3. The Kier molecular flexibility index (Phi) is 7.41. The van der Waals surface area contributed by atoms with E-state index in [1.54, 1.807) is 7.11 Å². The predicted octanol–water partition coefficient (Wildman–Crippen LogP) is 1.78. The van der Waals surface area contributed by atoms with Gasteiger partial charge in [0, 0.05) is 6.54 Å². The van der Waals surface area contributed by atoms with Crippen LogP contribution in [0.4, 0.5) is 0 Å². The third-order valence-corrected chi connectivity index (χ3v) is 3.31. The maximum absolute atomic E-state index is 11.5.